The van der Waals surface area contributed by atoms with Crippen molar-refractivity contribution in [1.29, 1.82) is 0 Å². The molecule has 3 heterocycles. The zero-order valence-corrected chi connectivity index (χ0v) is 18.9. The Balaban J connectivity index is 1.58. The topological polar surface area (TPSA) is 63.9 Å². The second-order valence-corrected chi connectivity index (χ2v) is 8.70. The Morgan fingerprint density at radius 2 is 1.91 bits per heavy atom. The Labute approximate surface area is 194 Å². The molecule has 180 valence electrons. The van der Waals surface area contributed by atoms with E-state index in [0.29, 0.717) is 36.2 Å². The molecule has 2 atom stereocenters. The lowest BCUT2D eigenvalue weighted by Gasteiger charge is -2.40. The monoisotopic (exact) mass is 475 g/mol. The van der Waals surface area contributed by atoms with Crippen LogP contribution in [0, 0.1) is 18.7 Å². The van der Waals surface area contributed by atoms with E-state index >= 15 is 0 Å². The molecule has 1 amide bonds. The van der Waals surface area contributed by atoms with E-state index in [-0.39, 0.29) is 23.6 Å². The third kappa shape index (κ3) is 4.95. The number of rotatable bonds is 5. The van der Waals surface area contributed by atoms with Crippen LogP contribution in [0.4, 0.5) is 17.6 Å². The summed E-state index contributed by atoms with van der Waals surface area (Å²) in [6.45, 7) is 4.20. The van der Waals surface area contributed by atoms with Gasteiger partial charge in [0.2, 0.25) is 0 Å². The van der Waals surface area contributed by atoms with Gasteiger partial charge in [0, 0.05) is 30.5 Å². The van der Waals surface area contributed by atoms with Crippen molar-refractivity contribution in [3.8, 4) is 5.69 Å². The minimum absolute atomic E-state index is 0.130. The molecule has 3 aromatic rings. The van der Waals surface area contributed by atoms with E-state index in [2.05, 4.69) is 22.1 Å². The second kappa shape index (κ2) is 9.52. The molecule has 4 rings (SSSR count). The van der Waals surface area contributed by atoms with E-state index in [4.69, 9.17) is 0 Å². The van der Waals surface area contributed by atoms with Crippen LogP contribution in [-0.4, -0.2) is 43.4 Å². The molecular formula is C24H25F4N5O. The lowest BCUT2D eigenvalue weighted by molar-refractivity contribution is -0.137. The van der Waals surface area contributed by atoms with E-state index in [1.165, 1.54) is 35.4 Å². The molecule has 1 fully saturated rings. The molecule has 0 bridgehead atoms. The van der Waals surface area contributed by atoms with Crippen molar-refractivity contribution < 1.29 is 22.4 Å². The van der Waals surface area contributed by atoms with Crippen molar-refractivity contribution in [3.05, 3.63) is 71.1 Å². The van der Waals surface area contributed by atoms with Crippen LogP contribution in [-0.2, 0) is 12.6 Å². The summed E-state index contributed by atoms with van der Waals surface area (Å²) in [5.41, 5.74) is 0.666. The molecule has 34 heavy (non-hydrogen) atoms. The number of alkyl halides is 3. The highest BCUT2D eigenvalue weighted by Crippen LogP contribution is 2.31. The summed E-state index contributed by atoms with van der Waals surface area (Å²) in [5.74, 6) is -0.506. The predicted octanol–water partition coefficient (Wildman–Crippen LogP) is 5.00. The van der Waals surface area contributed by atoms with E-state index in [1.54, 1.807) is 11.8 Å². The summed E-state index contributed by atoms with van der Waals surface area (Å²) in [6, 6.07) is 5.06. The van der Waals surface area contributed by atoms with Crippen LogP contribution in [0.25, 0.3) is 5.69 Å². The molecule has 0 aliphatic carbocycles. The summed E-state index contributed by atoms with van der Waals surface area (Å²) >= 11 is 0. The number of nitrogens with zero attached hydrogens (tertiary/aromatic N) is 5. The van der Waals surface area contributed by atoms with Gasteiger partial charge in [0.05, 0.1) is 23.5 Å². The fourth-order valence-electron chi connectivity index (χ4n) is 4.48. The Bertz CT molecular complexity index is 1150. The van der Waals surface area contributed by atoms with Gasteiger partial charge in [-0.25, -0.2) is 4.39 Å². The van der Waals surface area contributed by atoms with Gasteiger partial charge in [-0.15, -0.1) is 0 Å². The summed E-state index contributed by atoms with van der Waals surface area (Å²) in [5, 5.41) is 8.12. The quantitative estimate of drug-likeness (QED) is 0.487. The molecule has 0 saturated carbocycles. The first-order valence-electron chi connectivity index (χ1n) is 11.1. The highest BCUT2D eigenvalue weighted by Gasteiger charge is 2.34. The first-order valence-corrected chi connectivity index (χ1v) is 11.1. The second-order valence-electron chi connectivity index (χ2n) is 8.70. The number of benzene rings is 1. The SMILES string of the molecule is Cc1cc(C(=O)N2CCC[C@@H](C)[C@H]2CCc2ccc(C(F)(F)F)cn2)c(-n2nccn2)cc1F. The van der Waals surface area contributed by atoms with Crippen LogP contribution < -0.4 is 0 Å². The number of hydrogen-bond donors (Lipinski definition) is 0. The van der Waals surface area contributed by atoms with Crippen LogP contribution in [0.15, 0.2) is 42.9 Å². The van der Waals surface area contributed by atoms with E-state index < -0.39 is 17.6 Å². The number of piperidine rings is 1. The Morgan fingerprint density at radius 3 is 2.56 bits per heavy atom. The van der Waals surface area contributed by atoms with E-state index in [0.717, 1.165) is 25.1 Å². The lowest BCUT2D eigenvalue weighted by Crippen LogP contribution is -2.48. The van der Waals surface area contributed by atoms with Crippen molar-refractivity contribution in [3.63, 3.8) is 0 Å². The molecule has 0 radical (unpaired) electrons. The predicted molar refractivity (Wildman–Crippen MR) is 117 cm³/mol. The standard InChI is InChI=1S/C24H25F4N5O/c1-15-4-3-11-32(21(15)8-7-18-6-5-17(14-29-18)24(26,27)28)23(34)19-12-16(2)20(25)13-22(19)33-30-9-10-31-33/h5-6,9-10,12-15,21H,3-4,7-8,11H2,1-2H3/t15-,21-/m1/s1. The number of aryl methyl sites for hydroxylation is 2. The first kappa shape index (κ1) is 23.8. The number of amides is 1. The van der Waals surface area contributed by atoms with Gasteiger partial charge in [-0.1, -0.05) is 6.92 Å². The van der Waals surface area contributed by atoms with E-state index in [1.807, 2.05) is 0 Å². The number of likely N-dealkylation sites (tertiary alicyclic amines) is 1. The van der Waals surface area contributed by atoms with Crippen molar-refractivity contribution in [2.45, 2.75) is 51.7 Å². The highest BCUT2D eigenvalue weighted by atomic mass is 19.4. The van der Waals surface area contributed by atoms with Gasteiger partial charge < -0.3 is 4.90 Å². The largest absolute Gasteiger partial charge is 0.417 e. The van der Waals surface area contributed by atoms with Gasteiger partial charge in [0.25, 0.3) is 5.91 Å². The number of pyridine rings is 1. The zero-order valence-electron chi connectivity index (χ0n) is 18.9. The minimum atomic E-state index is -4.43. The third-order valence-corrected chi connectivity index (χ3v) is 6.37. The summed E-state index contributed by atoms with van der Waals surface area (Å²) in [7, 11) is 0. The molecule has 1 aromatic carbocycles. The maximum absolute atomic E-state index is 14.3. The van der Waals surface area contributed by atoms with Gasteiger partial charge in [-0.05, 0) is 62.3 Å². The molecule has 0 N–H and O–H groups in total. The zero-order chi connectivity index (χ0) is 24.5. The summed E-state index contributed by atoms with van der Waals surface area (Å²) < 4.78 is 52.8. The van der Waals surface area contributed by atoms with Crippen LogP contribution in [0.1, 0.15) is 53.4 Å². The van der Waals surface area contributed by atoms with E-state index in [9.17, 15) is 22.4 Å². The number of halogens is 4. The van der Waals surface area contributed by atoms with Crippen LogP contribution in [0.3, 0.4) is 0 Å². The molecule has 1 aliphatic heterocycles. The van der Waals surface area contributed by atoms with Gasteiger partial charge in [0.1, 0.15) is 11.5 Å². The fraction of sp³-hybridized carbons (Fsp3) is 0.417. The van der Waals surface area contributed by atoms with Crippen LogP contribution in [0.2, 0.25) is 0 Å². The number of hydrogen-bond acceptors (Lipinski definition) is 4. The molecule has 0 spiro atoms. The lowest BCUT2D eigenvalue weighted by atomic mass is 9.86. The fourth-order valence-corrected chi connectivity index (χ4v) is 4.48. The molecule has 6 nitrogen and oxygen atoms in total. The maximum Gasteiger partial charge on any atom is 0.417 e. The molecule has 0 unspecified atom stereocenters. The maximum atomic E-state index is 14.3. The molecular weight excluding hydrogens is 450 g/mol. The smallest absolute Gasteiger partial charge is 0.335 e. The van der Waals surface area contributed by atoms with Gasteiger partial charge in [-0.2, -0.15) is 28.2 Å². The Kier molecular flexibility index (Phi) is 6.67. The van der Waals surface area contributed by atoms with Crippen molar-refractivity contribution in [1.82, 2.24) is 24.9 Å². The molecule has 1 saturated heterocycles. The third-order valence-electron chi connectivity index (χ3n) is 6.37. The van der Waals surface area contributed by atoms with Crippen LogP contribution >= 0.6 is 0 Å². The average molecular weight is 475 g/mol. The Hall–Kier alpha value is -3.30. The first-order chi connectivity index (χ1) is 16.1. The van der Waals surface area contributed by atoms with Crippen molar-refractivity contribution in [2.24, 2.45) is 5.92 Å². The number of carbonyl (C=O) groups excluding carboxylic acids is 1. The van der Waals surface area contributed by atoms with Crippen molar-refractivity contribution in [2.75, 3.05) is 6.54 Å². The molecule has 2 aromatic heterocycles. The normalized spacial score (nSPS) is 18.8. The minimum Gasteiger partial charge on any atom is -0.335 e. The highest BCUT2D eigenvalue weighted by molar-refractivity contribution is 5.98. The van der Waals surface area contributed by atoms with Gasteiger partial charge in [0.15, 0.2) is 0 Å². The van der Waals surface area contributed by atoms with Crippen LogP contribution in [0.5, 0.6) is 0 Å². The summed E-state index contributed by atoms with van der Waals surface area (Å²) in [4.78, 5) is 20.7. The number of carbonyl (C=O) groups is 1. The summed E-state index contributed by atoms with van der Waals surface area (Å²) in [6.07, 6.45) is 2.08. The van der Waals surface area contributed by atoms with Gasteiger partial charge >= 0.3 is 6.18 Å². The molecule has 1 aliphatic rings. The van der Waals surface area contributed by atoms with Crippen molar-refractivity contribution >= 4 is 5.91 Å². The van der Waals surface area contributed by atoms with Gasteiger partial charge in [-0.3, -0.25) is 9.78 Å². The molecule has 10 heteroatoms. The average Bonchev–Trinajstić information content (AvgIpc) is 3.34. The number of aromatic nitrogens is 4. The Morgan fingerprint density at radius 1 is 1.18 bits per heavy atom.